The average Bonchev–Trinajstić information content (AvgIpc) is 2.27. The van der Waals surface area contributed by atoms with Gasteiger partial charge < -0.3 is 4.74 Å². The van der Waals surface area contributed by atoms with E-state index in [9.17, 15) is 18.0 Å². The average molecular weight is 258 g/mol. The molecule has 18 heavy (non-hydrogen) atoms. The van der Waals surface area contributed by atoms with E-state index in [1.807, 2.05) is 0 Å². The molecular formula is C11H9F3N2O2. The van der Waals surface area contributed by atoms with Crippen molar-refractivity contribution in [2.45, 2.75) is 19.5 Å². The second kappa shape index (κ2) is 5.49. The summed E-state index contributed by atoms with van der Waals surface area (Å²) >= 11 is 0. The number of nitriles is 1. The summed E-state index contributed by atoms with van der Waals surface area (Å²) in [5.41, 5.74) is -1.79. The first-order valence-electron chi connectivity index (χ1n) is 5.01. The predicted octanol–water partition coefficient (Wildman–Crippen LogP) is 2.08. The van der Waals surface area contributed by atoms with Crippen LogP contribution in [-0.4, -0.2) is 17.6 Å². The molecule has 0 N–H and O–H groups in total. The Morgan fingerprint density at radius 1 is 1.50 bits per heavy atom. The maximum absolute atomic E-state index is 12.5. The van der Waals surface area contributed by atoms with E-state index in [1.165, 1.54) is 6.07 Å². The van der Waals surface area contributed by atoms with Gasteiger partial charge in [-0.25, -0.2) is 4.98 Å². The highest BCUT2D eigenvalue weighted by Gasteiger charge is 2.34. The van der Waals surface area contributed by atoms with Gasteiger partial charge in [-0.15, -0.1) is 0 Å². The minimum absolute atomic E-state index is 0.0676. The Morgan fingerprint density at radius 2 is 2.17 bits per heavy atom. The number of rotatable bonds is 3. The number of esters is 1. The van der Waals surface area contributed by atoms with Gasteiger partial charge in [0.25, 0.3) is 0 Å². The van der Waals surface area contributed by atoms with E-state index >= 15 is 0 Å². The van der Waals surface area contributed by atoms with Crippen LogP contribution >= 0.6 is 0 Å². The second-order valence-electron chi connectivity index (χ2n) is 3.29. The fourth-order valence-electron chi connectivity index (χ4n) is 1.27. The maximum Gasteiger partial charge on any atom is 0.419 e. The smallest absolute Gasteiger partial charge is 0.419 e. The van der Waals surface area contributed by atoms with Gasteiger partial charge in [-0.05, 0) is 19.1 Å². The van der Waals surface area contributed by atoms with Gasteiger partial charge in [-0.3, -0.25) is 4.79 Å². The number of hydrogen-bond acceptors (Lipinski definition) is 4. The number of alkyl halides is 3. The van der Waals surface area contributed by atoms with Crippen LogP contribution < -0.4 is 0 Å². The minimum atomic E-state index is -4.64. The normalized spacial score (nSPS) is 10.8. The third-order valence-corrected chi connectivity index (χ3v) is 2.00. The lowest BCUT2D eigenvalue weighted by Gasteiger charge is -2.09. The summed E-state index contributed by atoms with van der Waals surface area (Å²) in [7, 11) is 0. The molecule has 0 aliphatic rings. The van der Waals surface area contributed by atoms with Crippen LogP contribution in [0.4, 0.5) is 13.2 Å². The van der Waals surface area contributed by atoms with E-state index in [-0.39, 0.29) is 18.7 Å². The van der Waals surface area contributed by atoms with Crippen LogP contribution in [0.1, 0.15) is 23.9 Å². The van der Waals surface area contributed by atoms with Crippen molar-refractivity contribution in [2.75, 3.05) is 6.61 Å². The zero-order valence-corrected chi connectivity index (χ0v) is 9.41. The fraction of sp³-hybridized carbons (Fsp3) is 0.364. The van der Waals surface area contributed by atoms with Crippen molar-refractivity contribution in [3.63, 3.8) is 0 Å². The summed E-state index contributed by atoms with van der Waals surface area (Å²) in [5, 5.41) is 8.62. The summed E-state index contributed by atoms with van der Waals surface area (Å²) in [6, 6.07) is 3.16. The molecule has 0 unspecified atom stereocenters. The molecule has 1 aromatic heterocycles. The Labute approximate surface area is 101 Å². The highest BCUT2D eigenvalue weighted by atomic mass is 19.4. The summed E-state index contributed by atoms with van der Waals surface area (Å²) in [6.45, 7) is 1.78. The molecular weight excluding hydrogens is 249 g/mol. The molecule has 96 valence electrons. The van der Waals surface area contributed by atoms with Crippen LogP contribution in [0, 0.1) is 11.3 Å². The van der Waals surface area contributed by atoms with E-state index in [1.54, 1.807) is 6.92 Å². The molecule has 0 atom stereocenters. The Kier molecular flexibility index (Phi) is 4.26. The molecule has 0 amide bonds. The van der Waals surface area contributed by atoms with Crippen molar-refractivity contribution >= 4 is 5.97 Å². The molecule has 0 aliphatic carbocycles. The number of pyridine rings is 1. The Bertz CT molecular complexity index is 492. The molecule has 0 spiro atoms. The summed E-state index contributed by atoms with van der Waals surface area (Å²) in [6.07, 6.45) is -4.90. The second-order valence-corrected chi connectivity index (χ2v) is 3.29. The van der Waals surface area contributed by atoms with Gasteiger partial charge in [0.05, 0.1) is 24.3 Å². The molecule has 1 heterocycles. The van der Waals surface area contributed by atoms with Crippen molar-refractivity contribution in [1.29, 1.82) is 5.26 Å². The Hall–Kier alpha value is -2.10. The zero-order valence-electron chi connectivity index (χ0n) is 9.41. The highest BCUT2D eigenvalue weighted by Crippen LogP contribution is 2.31. The van der Waals surface area contributed by atoms with Crippen LogP contribution in [0.25, 0.3) is 0 Å². The van der Waals surface area contributed by atoms with Crippen LogP contribution in [0.3, 0.4) is 0 Å². The molecule has 4 nitrogen and oxygen atoms in total. The largest absolute Gasteiger partial charge is 0.466 e. The quantitative estimate of drug-likeness (QED) is 0.778. The summed E-state index contributed by atoms with van der Waals surface area (Å²) in [4.78, 5) is 14.6. The number of carbonyl (C=O) groups excluding carboxylic acids is 1. The van der Waals surface area contributed by atoms with E-state index < -0.39 is 23.4 Å². The van der Waals surface area contributed by atoms with Gasteiger partial charge in [0.1, 0.15) is 6.07 Å². The van der Waals surface area contributed by atoms with Crippen LogP contribution in [0.2, 0.25) is 0 Å². The molecule has 1 aromatic rings. The van der Waals surface area contributed by atoms with Crippen molar-refractivity contribution in [3.8, 4) is 6.07 Å². The molecule has 0 aliphatic heterocycles. The maximum atomic E-state index is 12.5. The SMILES string of the molecule is CCOC(=O)Cc1ccc(C(F)(F)F)c(C#N)n1. The Balaban J connectivity index is 3.00. The number of nitrogens with zero attached hydrogens (tertiary/aromatic N) is 2. The topological polar surface area (TPSA) is 63.0 Å². The van der Waals surface area contributed by atoms with E-state index in [0.29, 0.717) is 0 Å². The number of hydrogen-bond donors (Lipinski definition) is 0. The van der Waals surface area contributed by atoms with Crippen LogP contribution in [-0.2, 0) is 22.1 Å². The minimum Gasteiger partial charge on any atom is -0.466 e. The predicted molar refractivity (Wildman–Crippen MR) is 54.3 cm³/mol. The van der Waals surface area contributed by atoms with Gasteiger partial charge in [0, 0.05) is 0 Å². The summed E-state index contributed by atoms with van der Waals surface area (Å²) in [5.74, 6) is -0.603. The van der Waals surface area contributed by atoms with Crippen molar-refractivity contribution in [3.05, 3.63) is 29.1 Å². The highest BCUT2D eigenvalue weighted by molar-refractivity contribution is 5.72. The van der Waals surface area contributed by atoms with E-state index in [0.717, 1.165) is 12.1 Å². The molecule has 0 saturated carbocycles. The number of aromatic nitrogens is 1. The standard InChI is InChI=1S/C11H9F3N2O2/c1-2-18-10(17)5-7-3-4-8(11(12,13)14)9(6-15)16-7/h3-4H,2,5H2,1H3. The first-order chi connectivity index (χ1) is 8.38. The van der Waals surface area contributed by atoms with E-state index in [4.69, 9.17) is 5.26 Å². The van der Waals surface area contributed by atoms with Gasteiger partial charge in [0.2, 0.25) is 0 Å². The van der Waals surface area contributed by atoms with Crippen molar-refractivity contribution < 1.29 is 22.7 Å². The first-order valence-corrected chi connectivity index (χ1v) is 5.01. The number of halogens is 3. The third-order valence-electron chi connectivity index (χ3n) is 2.00. The van der Waals surface area contributed by atoms with Crippen molar-refractivity contribution in [2.24, 2.45) is 0 Å². The lowest BCUT2D eigenvalue weighted by molar-refractivity contribution is -0.142. The molecule has 0 aromatic carbocycles. The van der Waals surface area contributed by atoms with Gasteiger partial charge in [-0.1, -0.05) is 0 Å². The number of ether oxygens (including phenoxy) is 1. The molecule has 1 rings (SSSR count). The fourth-order valence-corrected chi connectivity index (χ4v) is 1.27. The first kappa shape index (κ1) is 14.0. The monoisotopic (exact) mass is 258 g/mol. The van der Waals surface area contributed by atoms with Crippen molar-refractivity contribution in [1.82, 2.24) is 4.98 Å². The molecule has 0 fully saturated rings. The molecule has 0 bridgehead atoms. The van der Waals surface area contributed by atoms with Gasteiger partial charge in [0.15, 0.2) is 5.69 Å². The lowest BCUT2D eigenvalue weighted by atomic mass is 10.1. The van der Waals surface area contributed by atoms with Crippen LogP contribution in [0.5, 0.6) is 0 Å². The number of carbonyl (C=O) groups is 1. The molecule has 0 saturated heterocycles. The Morgan fingerprint density at radius 3 is 2.67 bits per heavy atom. The zero-order chi connectivity index (χ0) is 13.8. The van der Waals surface area contributed by atoms with Gasteiger partial charge >= 0.3 is 12.1 Å². The summed E-state index contributed by atoms with van der Waals surface area (Å²) < 4.78 is 42.0. The van der Waals surface area contributed by atoms with Gasteiger partial charge in [-0.2, -0.15) is 18.4 Å². The molecule has 7 heteroatoms. The lowest BCUT2D eigenvalue weighted by Crippen LogP contribution is -2.13. The third kappa shape index (κ3) is 3.45. The van der Waals surface area contributed by atoms with Crippen LogP contribution in [0.15, 0.2) is 12.1 Å². The van der Waals surface area contributed by atoms with E-state index in [2.05, 4.69) is 9.72 Å². The molecule has 0 radical (unpaired) electrons.